The minimum atomic E-state index is -3.92. The van der Waals surface area contributed by atoms with Crippen molar-refractivity contribution >= 4 is 16.0 Å². The van der Waals surface area contributed by atoms with Crippen molar-refractivity contribution in [1.29, 1.82) is 0 Å². The number of hydrogen-bond acceptors (Lipinski definition) is 4. The molecular weight excluding hydrogens is 292 g/mol. The number of amides is 1. The third-order valence-electron chi connectivity index (χ3n) is 3.49. The Labute approximate surface area is 129 Å². The van der Waals surface area contributed by atoms with Crippen molar-refractivity contribution in [1.82, 2.24) is 5.32 Å². The molecule has 0 saturated carbocycles. The third-order valence-corrected chi connectivity index (χ3v) is 3.49. The van der Waals surface area contributed by atoms with Gasteiger partial charge in [-0.15, -0.1) is 0 Å². The zero-order valence-corrected chi connectivity index (χ0v) is 14.8. The molecule has 126 valence electrons. The summed E-state index contributed by atoms with van der Waals surface area (Å²) in [5.41, 5.74) is 0.585. The molecule has 0 spiro atoms. The molecule has 0 aliphatic carbocycles. The predicted octanol–water partition coefficient (Wildman–Crippen LogP) is 1.11. The Hall–Kier alpha value is -0.920. The Bertz CT molecular complexity index is 398. The van der Waals surface area contributed by atoms with Crippen LogP contribution in [0.4, 0.5) is 0 Å². The molecule has 0 atom stereocenters. The lowest BCUT2D eigenvalue weighted by molar-refractivity contribution is -0.923. The fraction of sp³-hybridized carbons (Fsp3) is 0.786. The van der Waals surface area contributed by atoms with Crippen LogP contribution in [0.3, 0.4) is 0 Å². The second kappa shape index (κ2) is 10.8. The third kappa shape index (κ3) is 13.8. The van der Waals surface area contributed by atoms with Crippen LogP contribution in [0.1, 0.15) is 34.1 Å². The van der Waals surface area contributed by atoms with E-state index in [1.54, 1.807) is 6.92 Å². The van der Waals surface area contributed by atoms with Crippen LogP contribution in [0.2, 0.25) is 0 Å². The van der Waals surface area contributed by atoms with Crippen LogP contribution in [-0.2, 0) is 14.9 Å². The molecule has 0 heterocycles. The van der Waals surface area contributed by atoms with E-state index >= 15 is 0 Å². The fourth-order valence-corrected chi connectivity index (χ4v) is 1.91. The average molecular weight is 322 g/mol. The van der Waals surface area contributed by atoms with Gasteiger partial charge in [0.15, 0.2) is 0 Å². The van der Waals surface area contributed by atoms with Gasteiger partial charge >= 0.3 is 0 Å². The predicted molar refractivity (Wildman–Crippen MR) is 84.8 cm³/mol. The summed E-state index contributed by atoms with van der Waals surface area (Å²) < 4.78 is 28.4. The van der Waals surface area contributed by atoms with E-state index in [1.165, 1.54) is 19.6 Å². The second-order valence-corrected chi connectivity index (χ2v) is 6.52. The van der Waals surface area contributed by atoms with Crippen LogP contribution in [0, 0.1) is 0 Å². The van der Waals surface area contributed by atoms with Gasteiger partial charge in [0, 0.05) is 24.8 Å². The molecule has 0 saturated heterocycles. The number of hydrogen-bond donors (Lipinski definition) is 1. The molecule has 1 N–H and O–H groups in total. The second-order valence-electron chi connectivity index (χ2n) is 5.11. The van der Waals surface area contributed by atoms with Crippen LogP contribution < -0.4 is 5.32 Å². The summed E-state index contributed by atoms with van der Waals surface area (Å²) in [6.07, 6.45) is 1.64. The smallest absolute Gasteiger partial charge is 0.246 e. The number of rotatable bonds is 8. The lowest BCUT2D eigenvalue weighted by Gasteiger charge is -2.35. The molecule has 0 fully saturated rings. The number of nitrogens with one attached hydrogen (secondary N) is 1. The number of nitrogens with zero attached hydrogens (tertiary/aromatic N) is 1. The van der Waals surface area contributed by atoms with Crippen molar-refractivity contribution in [3.05, 3.63) is 12.2 Å². The molecule has 0 unspecified atom stereocenters. The summed E-state index contributed by atoms with van der Waals surface area (Å²) in [6, 6.07) is 0. The Morgan fingerprint density at radius 2 is 1.57 bits per heavy atom. The first kappa shape index (κ1) is 22.4. The Morgan fingerprint density at radius 3 is 1.86 bits per heavy atom. The highest BCUT2D eigenvalue weighted by molar-refractivity contribution is 7.84. The molecular formula is C14H30N2O4S. The van der Waals surface area contributed by atoms with E-state index in [0.29, 0.717) is 11.8 Å². The Kier molecular flexibility index (Phi) is 11.5. The Balaban J connectivity index is 0. The van der Waals surface area contributed by atoms with Crippen LogP contribution in [0.5, 0.6) is 0 Å². The van der Waals surface area contributed by atoms with Gasteiger partial charge in [-0.05, 0) is 27.7 Å². The van der Waals surface area contributed by atoms with E-state index in [2.05, 4.69) is 32.7 Å². The van der Waals surface area contributed by atoms with Crippen molar-refractivity contribution < 1.29 is 22.2 Å². The number of carbonyl (C=O) groups excluding carboxylic acids is 1. The molecule has 0 rings (SSSR count). The average Bonchev–Trinajstić information content (AvgIpc) is 2.37. The van der Waals surface area contributed by atoms with Gasteiger partial charge in [-0.1, -0.05) is 6.58 Å². The molecule has 0 bridgehead atoms. The molecule has 0 aromatic heterocycles. The summed E-state index contributed by atoms with van der Waals surface area (Å²) in [5, 5.41) is 2.88. The van der Waals surface area contributed by atoms with Gasteiger partial charge in [0.1, 0.15) is 0 Å². The highest BCUT2D eigenvalue weighted by Crippen LogP contribution is 2.06. The van der Waals surface area contributed by atoms with E-state index in [4.69, 9.17) is 13.0 Å². The summed E-state index contributed by atoms with van der Waals surface area (Å²) in [4.78, 5) is 11.3. The zero-order chi connectivity index (χ0) is 17.1. The van der Waals surface area contributed by atoms with Crippen molar-refractivity contribution in [2.45, 2.75) is 34.1 Å². The maximum atomic E-state index is 11.3. The van der Waals surface area contributed by atoms with Gasteiger partial charge in [0.25, 0.3) is 0 Å². The summed E-state index contributed by atoms with van der Waals surface area (Å²) in [7, 11) is -3.92. The van der Waals surface area contributed by atoms with Crippen LogP contribution in [0.25, 0.3) is 0 Å². The molecule has 0 radical (unpaired) electrons. The fourth-order valence-electron chi connectivity index (χ4n) is 1.91. The van der Waals surface area contributed by atoms with Crippen LogP contribution in [0.15, 0.2) is 12.2 Å². The minimum Gasteiger partial charge on any atom is -0.748 e. The van der Waals surface area contributed by atoms with E-state index < -0.39 is 10.1 Å². The van der Waals surface area contributed by atoms with Gasteiger partial charge < -0.3 is 14.4 Å². The van der Waals surface area contributed by atoms with Crippen LogP contribution in [-0.4, -0.2) is 62.3 Å². The van der Waals surface area contributed by atoms with E-state index in [-0.39, 0.29) is 5.91 Å². The first-order chi connectivity index (χ1) is 9.51. The topological polar surface area (TPSA) is 86.3 Å². The molecule has 0 aromatic carbocycles. The maximum absolute atomic E-state index is 11.3. The number of carbonyl (C=O) groups is 1. The Morgan fingerprint density at radius 1 is 1.19 bits per heavy atom. The van der Waals surface area contributed by atoms with Crippen molar-refractivity contribution in [2.24, 2.45) is 0 Å². The zero-order valence-electron chi connectivity index (χ0n) is 13.9. The standard InChI is InChI=1S/C13H26N2O.CH4O3S/c1-6-15(7-2,8-3)11-9-10-14-13(16)12(4)5;1-5(2,3)4/h4,6-11H2,1-3,5H3;1H3,(H,2,3,4). The SMILES string of the molecule is C=C(C)C(=O)NCCC[N+](CC)(CC)CC.CS(=O)(=O)[O-]. The molecule has 1 amide bonds. The molecule has 0 aliphatic heterocycles. The van der Waals surface area contributed by atoms with E-state index in [1.807, 2.05) is 0 Å². The molecule has 21 heavy (non-hydrogen) atoms. The monoisotopic (exact) mass is 322 g/mol. The maximum Gasteiger partial charge on any atom is 0.246 e. The summed E-state index contributed by atoms with van der Waals surface area (Å²) >= 11 is 0. The quantitative estimate of drug-likeness (QED) is 0.314. The lowest BCUT2D eigenvalue weighted by Crippen LogP contribution is -2.48. The molecule has 0 aliphatic rings. The first-order valence-electron chi connectivity index (χ1n) is 7.21. The van der Waals surface area contributed by atoms with Crippen molar-refractivity contribution in [3.63, 3.8) is 0 Å². The number of quaternary nitrogens is 1. The highest BCUT2D eigenvalue weighted by Gasteiger charge is 2.19. The highest BCUT2D eigenvalue weighted by atomic mass is 32.2. The van der Waals surface area contributed by atoms with Gasteiger partial charge in [-0.25, -0.2) is 8.42 Å². The minimum absolute atomic E-state index is 0.0254. The van der Waals surface area contributed by atoms with E-state index in [9.17, 15) is 4.79 Å². The van der Waals surface area contributed by atoms with Gasteiger partial charge in [0.05, 0.1) is 36.3 Å². The van der Waals surface area contributed by atoms with Gasteiger partial charge in [-0.3, -0.25) is 4.79 Å². The van der Waals surface area contributed by atoms with Gasteiger partial charge in [-0.2, -0.15) is 0 Å². The van der Waals surface area contributed by atoms with Crippen molar-refractivity contribution in [2.75, 3.05) is 39.0 Å². The molecule has 6 nitrogen and oxygen atoms in total. The molecule has 7 heteroatoms. The van der Waals surface area contributed by atoms with Crippen LogP contribution >= 0.6 is 0 Å². The lowest BCUT2D eigenvalue weighted by atomic mass is 10.2. The molecule has 0 aromatic rings. The van der Waals surface area contributed by atoms with Gasteiger partial charge in [0.2, 0.25) is 5.91 Å². The largest absolute Gasteiger partial charge is 0.748 e. The normalized spacial score (nSPS) is 11.3. The summed E-state index contributed by atoms with van der Waals surface area (Å²) in [6.45, 7) is 17.5. The van der Waals surface area contributed by atoms with E-state index in [0.717, 1.165) is 24.0 Å². The van der Waals surface area contributed by atoms with Crippen molar-refractivity contribution in [3.8, 4) is 0 Å². The first-order valence-corrected chi connectivity index (χ1v) is 9.02. The summed E-state index contributed by atoms with van der Waals surface area (Å²) in [5.74, 6) is -0.0254.